The average Bonchev–Trinajstić information content (AvgIpc) is 2.87. The fourth-order valence-electron chi connectivity index (χ4n) is 1.61. The zero-order chi connectivity index (χ0) is 17.0. The molecule has 0 aliphatic rings. The van der Waals surface area contributed by atoms with Crippen LogP contribution in [0, 0.1) is 0 Å². The first-order valence-electron chi connectivity index (χ1n) is 6.24. The van der Waals surface area contributed by atoms with Crippen molar-refractivity contribution in [3.63, 3.8) is 0 Å². The Morgan fingerprint density at radius 2 is 1.96 bits per heavy atom. The summed E-state index contributed by atoms with van der Waals surface area (Å²) in [4.78, 5) is 31.2. The Bertz CT molecular complexity index is 719. The summed E-state index contributed by atoms with van der Waals surface area (Å²) in [5.74, 6) is -1.79. The van der Waals surface area contributed by atoms with Crippen LogP contribution >= 0.6 is 15.9 Å². The third kappa shape index (κ3) is 4.52. The van der Waals surface area contributed by atoms with Crippen molar-refractivity contribution < 1.29 is 18.4 Å². The second-order valence-electron chi connectivity index (χ2n) is 4.36. The summed E-state index contributed by atoms with van der Waals surface area (Å²) in [7, 11) is 1.42. The van der Waals surface area contributed by atoms with Crippen molar-refractivity contribution in [3.05, 3.63) is 34.6 Å². The molecule has 122 valence electrons. The van der Waals surface area contributed by atoms with E-state index in [1.165, 1.54) is 25.6 Å². The number of nitrogens with one attached hydrogen (secondary N) is 2. The zero-order valence-electron chi connectivity index (χ0n) is 11.8. The number of hydrogen-bond donors (Lipinski definition) is 2. The van der Waals surface area contributed by atoms with E-state index in [4.69, 9.17) is 0 Å². The van der Waals surface area contributed by atoms with E-state index in [0.717, 1.165) is 4.68 Å². The van der Waals surface area contributed by atoms with Gasteiger partial charge in [0.2, 0.25) is 0 Å². The predicted molar refractivity (Wildman–Crippen MR) is 78.4 cm³/mol. The van der Waals surface area contributed by atoms with Crippen LogP contribution in [-0.2, 0) is 23.2 Å². The molecular formula is C12H11BrF2N6O2. The minimum absolute atomic E-state index is 0.0751. The summed E-state index contributed by atoms with van der Waals surface area (Å²) in [6, 6.07) is 0. The number of carbonyl (C=O) groups excluding carboxylic acids is 2. The molecule has 2 aromatic heterocycles. The normalized spacial score (nSPS) is 10.7. The van der Waals surface area contributed by atoms with Gasteiger partial charge in [0, 0.05) is 25.6 Å². The lowest BCUT2D eigenvalue weighted by Gasteiger charge is -2.05. The highest BCUT2D eigenvalue weighted by molar-refractivity contribution is 9.10. The fourth-order valence-corrected chi connectivity index (χ4v) is 1.82. The molecule has 23 heavy (non-hydrogen) atoms. The molecule has 2 N–H and O–H groups in total. The van der Waals surface area contributed by atoms with Crippen LogP contribution in [0.25, 0.3) is 0 Å². The number of aromatic nitrogens is 4. The minimum Gasteiger partial charge on any atom is -0.341 e. The molecule has 2 aromatic rings. The lowest BCUT2D eigenvalue weighted by molar-refractivity contribution is -0.136. The van der Waals surface area contributed by atoms with Gasteiger partial charge in [-0.25, -0.2) is 18.7 Å². The molecule has 0 bridgehead atoms. The number of rotatable bonds is 4. The van der Waals surface area contributed by atoms with E-state index in [1.54, 1.807) is 0 Å². The van der Waals surface area contributed by atoms with Crippen molar-refractivity contribution in [3.8, 4) is 0 Å². The molecule has 8 nitrogen and oxygen atoms in total. The van der Waals surface area contributed by atoms with E-state index in [1.807, 2.05) is 0 Å². The smallest absolute Gasteiger partial charge is 0.313 e. The Labute approximate surface area is 137 Å². The summed E-state index contributed by atoms with van der Waals surface area (Å²) in [5.41, 5.74) is -0.826. The Hall–Kier alpha value is -2.43. The van der Waals surface area contributed by atoms with Gasteiger partial charge in [-0.15, -0.1) is 0 Å². The molecular weight excluding hydrogens is 378 g/mol. The molecule has 0 fully saturated rings. The third-order valence-corrected chi connectivity index (χ3v) is 3.01. The molecule has 0 aliphatic carbocycles. The van der Waals surface area contributed by atoms with E-state index in [9.17, 15) is 18.4 Å². The second kappa shape index (κ2) is 7.22. The summed E-state index contributed by atoms with van der Waals surface area (Å²) in [5, 5.41) is 7.90. The van der Waals surface area contributed by atoms with Gasteiger partial charge < -0.3 is 10.6 Å². The van der Waals surface area contributed by atoms with E-state index in [-0.39, 0.29) is 12.2 Å². The molecule has 0 aliphatic heterocycles. The Balaban J connectivity index is 1.95. The van der Waals surface area contributed by atoms with Gasteiger partial charge in [-0.1, -0.05) is 0 Å². The number of anilines is 1. The van der Waals surface area contributed by atoms with Crippen LogP contribution in [0.1, 0.15) is 17.9 Å². The number of hydrogen-bond acceptors (Lipinski definition) is 5. The maximum atomic E-state index is 12.7. The van der Waals surface area contributed by atoms with Crippen molar-refractivity contribution in [1.29, 1.82) is 0 Å². The Kier molecular flexibility index (Phi) is 5.32. The monoisotopic (exact) mass is 388 g/mol. The van der Waals surface area contributed by atoms with Crippen molar-refractivity contribution in [2.24, 2.45) is 7.05 Å². The third-order valence-electron chi connectivity index (χ3n) is 2.60. The standard InChI is InChI=1S/C12H11BrF2N6O2/c1-21-5-7(9(20-21)10(14)15)19-12(23)11(22)18-4-8-16-2-6(13)3-17-8/h2-3,5,10H,4H2,1H3,(H,18,22)(H,19,23). The maximum Gasteiger partial charge on any atom is 0.313 e. The van der Waals surface area contributed by atoms with Gasteiger partial charge >= 0.3 is 11.8 Å². The lowest BCUT2D eigenvalue weighted by Crippen LogP contribution is -2.35. The highest BCUT2D eigenvalue weighted by atomic mass is 79.9. The molecule has 2 amide bonds. The van der Waals surface area contributed by atoms with Gasteiger partial charge in [0.15, 0.2) is 5.69 Å². The van der Waals surface area contributed by atoms with Gasteiger partial charge in [0.1, 0.15) is 5.82 Å². The van der Waals surface area contributed by atoms with Crippen LogP contribution in [0.4, 0.5) is 14.5 Å². The lowest BCUT2D eigenvalue weighted by atomic mass is 10.3. The van der Waals surface area contributed by atoms with Crippen LogP contribution in [0.15, 0.2) is 23.1 Å². The number of halogens is 3. The van der Waals surface area contributed by atoms with Crippen molar-refractivity contribution in [2.45, 2.75) is 13.0 Å². The van der Waals surface area contributed by atoms with Crippen LogP contribution in [-0.4, -0.2) is 31.6 Å². The summed E-state index contributed by atoms with van der Waals surface area (Å²) >= 11 is 3.16. The topological polar surface area (TPSA) is 102 Å². The Morgan fingerprint density at radius 3 is 2.57 bits per heavy atom. The molecule has 11 heteroatoms. The van der Waals surface area contributed by atoms with E-state index >= 15 is 0 Å². The molecule has 0 saturated carbocycles. The van der Waals surface area contributed by atoms with Crippen LogP contribution < -0.4 is 10.6 Å². The van der Waals surface area contributed by atoms with Gasteiger partial charge in [-0.3, -0.25) is 14.3 Å². The summed E-state index contributed by atoms with van der Waals surface area (Å²) in [6.45, 7) is -0.0751. The highest BCUT2D eigenvalue weighted by Crippen LogP contribution is 2.24. The van der Waals surface area contributed by atoms with Gasteiger partial charge in [0.25, 0.3) is 6.43 Å². The summed E-state index contributed by atoms with van der Waals surface area (Å²) in [6.07, 6.45) is 1.29. The van der Waals surface area contributed by atoms with E-state index in [0.29, 0.717) is 10.3 Å². The summed E-state index contributed by atoms with van der Waals surface area (Å²) < 4.78 is 27.3. The van der Waals surface area contributed by atoms with Crippen molar-refractivity contribution >= 4 is 33.4 Å². The van der Waals surface area contributed by atoms with Crippen molar-refractivity contribution in [2.75, 3.05) is 5.32 Å². The molecule has 0 aromatic carbocycles. The molecule has 0 spiro atoms. The zero-order valence-corrected chi connectivity index (χ0v) is 13.3. The van der Waals surface area contributed by atoms with Crippen molar-refractivity contribution in [1.82, 2.24) is 25.1 Å². The first-order chi connectivity index (χ1) is 10.9. The average molecular weight is 389 g/mol. The largest absolute Gasteiger partial charge is 0.341 e. The SMILES string of the molecule is Cn1cc(NC(=O)C(=O)NCc2ncc(Br)cn2)c(C(F)F)n1. The first kappa shape index (κ1) is 16.9. The van der Waals surface area contributed by atoms with Crippen LogP contribution in [0.3, 0.4) is 0 Å². The van der Waals surface area contributed by atoms with Crippen LogP contribution in [0.2, 0.25) is 0 Å². The predicted octanol–water partition coefficient (Wildman–Crippen LogP) is 1.17. The van der Waals surface area contributed by atoms with E-state index < -0.39 is 23.9 Å². The molecule has 2 rings (SSSR count). The molecule has 0 radical (unpaired) electrons. The minimum atomic E-state index is -2.87. The number of alkyl halides is 2. The molecule has 0 unspecified atom stereocenters. The van der Waals surface area contributed by atoms with Gasteiger partial charge in [-0.05, 0) is 15.9 Å². The number of aryl methyl sites for hydroxylation is 1. The van der Waals surface area contributed by atoms with Gasteiger partial charge in [0.05, 0.1) is 16.7 Å². The maximum absolute atomic E-state index is 12.7. The molecule has 0 saturated heterocycles. The molecule has 0 atom stereocenters. The highest BCUT2D eigenvalue weighted by Gasteiger charge is 2.22. The quantitative estimate of drug-likeness (QED) is 0.765. The Morgan fingerprint density at radius 1 is 1.30 bits per heavy atom. The number of nitrogens with zero attached hydrogens (tertiary/aromatic N) is 4. The van der Waals surface area contributed by atoms with Gasteiger partial charge in [-0.2, -0.15) is 5.10 Å². The second-order valence-corrected chi connectivity index (χ2v) is 5.27. The number of carbonyl (C=O) groups is 2. The molecule has 2 heterocycles. The fraction of sp³-hybridized carbons (Fsp3) is 0.250. The number of amides is 2. The van der Waals surface area contributed by atoms with E-state index in [2.05, 4.69) is 41.6 Å². The van der Waals surface area contributed by atoms with Crippen LogP contribution in [0.5, 0.6) is 0 Å². The first-order valence-corrected chi connectivity index (χ1v) is 7.03.